The van der Waals surface area contributed by atoms with Crippen LogP contribution in [0.4, 0.5) is 9.59 Å². The third-order valence-electron chi connectivity index (χ3n) is 2.06. The van der Waals surface area contributed by atoms with Crippen LogP contribution in [-0.2, 0) is 9.53 Å². The zero-order chi connectivity index (χ0) is 14.8. The fourth-order valence-electron chi connectivity index (χ4n) is 1.32. The van der Waals surface area contributed by atoms with E-state index in [1.54, 1.807) is 20.8 Å². The zero-order valence-corrected chi connectivity index (χ0v) is 11.2. The van der Waals surface area contributed by atoms with Crippen molar-refractivity contribution in [2.75, 3.05) is 0 Å². The molecule has 0 aliphatic carbocycles. The molecule has 1 heterocycles. The van der Waals surface area contributed by atoms with E-state index in [4.69, 9.17) is 10.5 Å². The number of rotatable bonds is 2. The van der Waals surface area contributed by atoms with E-state index in [0.29, 0.717) is 10.7 Å². The molecule has 4 N–H and O–H groups in total. The molecule has 1 aliphatic rings. The lowest BCUT2D eigenvalue weighted by atomic mass is 10.2. The Morgan fingerprint density at radius 2 is 2.00 bits per heavy atom. The van der Waals surface area contributed by atoms with Crippen LogP contribution in [0.15, 0.2) is 5.10 Å². The van der Waals surface area contributed by atoms with E-state index >= 15 is 0 Å². The van der Waals surface area contributed by atoms with Crippen LogP contribution in [0.2, 0.25) is 0 Å². The van der Waals surface area contributed by atoms with Crippen molar-refractivity contribution in [2.45, 2.75) is 39.3 Å². The van der Waals surface area contributed by atoms with Gasteiger partial charge in [-0.3, -0.25) is 10.2 Å². The van der Waals surface area contributed by atoms with E-state index in [1.165, 1.54) is 6.92 Å². The summed E-state index contributed by atoms with van der Waals surface area (Å²) in [5.74, 6) is -0.666. The number of carbonyl (C=O) groups is 3. The highest BCUT2D eigenvalue weighted by Crippen LogP contribution is 2.09. The number of nitrogens with zero attached hydrogens (tertiary/aromatic N) is 2. The smallest absolute Gasteiger partial charge is 0.422 e. The second kappa shape index (κ2) is 5.22. The molecule has 1 aliphatic heterocycles. The fourth-order valence-corrected chi connectivity index (χ4v) is 1.32. The summed E-state index contributed by atoms with van der Waals surface area (Å²) < 4.78 is 4.97. The maximum atomic E-state index is 11.7. The number of hydrazine groups is 1. The Kier molecular flexibility index (Phi) is 4.10. The van der Waals surface area contributed by atoms with Gasteiger partial charge >= 0.3 is 12.1 Å². The Labute approximate surface area is 110 Å². The van der Waals surface area contributed by atoms with Crippen molar-refractivity contribution in [1.82, 2.24) is 15.9 Å². The van der Waals surface area contributed by atoms with Crippen LogP contribution >= 0.6 is 0 Å². The molecular weight excluding hydrogens is 254 g/mol. The van der Waals surface area contributed by atoms with E-state index in [0.717, 1.165) is 0 Å². The number of ether oxygens (including phenoxy) is 1. The number of hydrogen-bond donors (Lipinski definition) is 3. The number of amides is 4. The summed E-state index contributed by atoms with van der Waals surface area (Å²) in [6, 6.07) is -1.93. The first-order chi connectivity index (χ1) is 8.61. The average molecular weight is 271 g/mol. The van der Waals surface area contributed by atoms with Gasteiger partial charge in [-0.1, -0.05) is 0 Å². The summed E-state index contributed by atoms with van der Waals surface area (Å²) in [6.45, 7) is 6.63. The number of urea groups is 1. The van der Waals surface area contributed by atoms with Gasteiger partial charge in [0.25, 0.3) is 5.91 Å². The van der Waals surface area contributed by atoms with E-state index in [1.807, 2.05) is 0 Å². The van der Waals surface area contributed by atoms with E-state index in [2.05, 4.69) is 16.0 Å². The molecule has 0 spiro atoms. The van der Waals surface area contributed by atoms with Crippen LogP contribution in [0.3, 0.4) is 0 Å². The van der Waals surface area contributed by atoms with Crippen molar-refractivity contribution in [1.29, 1.82) is 0 Å². The largest absolute Gasteiger partial charge is 0.443 e. The Morgan fingerprint density at radius 3 is 2.42 bits per heavy atom. The maximum absolute atomic E-state index is 11.7. The van der Waals surface area contributed by atoms with Crippen LogP contribution in [0.1, 0.15) is 27.7 Å². The van der Waals surface area contributed by atoms with Gasteiger partial charge in [-0.15, -0.1) is 5.01 Å². The first-order valence-electron chi connectivity index (χ1n) is 5.55. The molecule has 0 aromatic heterocycles. The highest BCUT2D eigenvalue weighted by molar-refractivity contribution is 6.15. The summed E-state index contributed by atoms with van der Waals surface area (Å²) in [5.41, 5.74) is 9.26. The molecular formula is C10H17N5O4. The number of nitrogens with two attached hydrogens (primary N) is 1. The molecule has 1 unspecified atom stereocenters. The van der Waals surface area contributed by atoms with Gasteiger partial charge in [-0.05, 0) is 27.7 Å². The van der Waals surface area contributed by atoms with Gasteiger partial charge < -0.3 is 10.5 Å². The van der Waals surface area contributed by atoms with Gasteiger partial charge in [0.05, 0.1) is 5.71 Å². The van der Waals surface area contributed by atoms with E-state index in [9.17, 15) is 14.4 Å². The van der Waals surface area contributed by atoms with Crippen molar-refractivity contribution in [3.8, 4) is 0 Å². The lowest BCUT2D eigenvalue weighted by Crippen LogP contribution is -2.53. The first kappa shape index (κ1) is 14.9. The minimum atomic E-state index is -0.981. The van der Waals surface area contributed by atoms with Gasteiger partial charge in [-0.25, -0.2) is 15.0 Å². The minimum Gasteiger partial charge on any atom is -0.443 e. The minimum absolute atomic E-state index is 0.305. The Morgan fingerprint density at radius 1 is 1.42 bits per heavy atom. The Hall–Kier alpha value is -2.16. The molecule has 0 aromatic carbocycles. The number of imide groups is 1. The third kappa shape index (κ3) is 3.91. The Balaban J connectivity index is 2.56. The molecule has 0 bridgehead atoms. The van der Waals surface area contributed by atoms with Crippen LogP contribution in [-0.4, -0.2) is 40.4 Å². The highest BCUT2D eigenvalue weighted by Gasteiger charge is 2.36. The zero-order valence-electron chi connectivity index (χ0n) is 11.2. The summed E-state index contributed by atoms with van der Waals surface area (Å²) >= 11 is 0. The summed E-state index contributed by atoms with van der Waals surface area (Å²) in [4.78, 5) is 34.0. The van der Waals surface area contributed by atoms with Crippen LogP contribution < -0.4 is 16.6 Å². The molecule has 1 atom stereocenters. The van der Waals surface area contributed by atoms with Gasteiger partial charge in [0.2, 0.25) is 0 Å². The number of nitrogens with one attached hydrogen (secondary N) is 2. The molecule has 0 fully saturated rings. The second-order valence-corrected chi connectivity index (χ2v) is 4.93. The third-order valence-corrected chi connectivity index (χ3v) is 2.06. The Bertz CT molecular complexity index is 440. The predicted molar refractivity (Wildman–Crippen MR) is 65.8 cm³/mol. The van der Waals surface area contributed by atoms with Crippen molar-refractivity contribution in [3.63, 3.8) is 0 Å². The quantitative estimate of drug-likeness (QED) is 0.593. The second-order valence-electron chi connectivity index (χ2n) is 4.93. The lowest BCUT2D eigenvalue weighted by Gasteiger charge is -2.20. The maximum Gasteiger partial charge on any atom is 0.422 e. The van der Waals surface area contributed by atoms with Crippen molar-refractivity contribution < 1.29 is 19.1 Å². The summed E-state index contributed by atoms with van der Waals surface area (Å²) in [6.07, 6.45) is -0.745. The summed E-state index contributed by atoms with van der Waals surface area (Å²) in [5, 5.41) is 4.21. The molecule has 0 radical (unpaired) electrons. The molecule has 1 rings (SSSR count). The van der Waals surface area contributed by atoms with Gasteiger partial charge in [0.1, 0.15) is 11.6 Å². The molecule has 19 heavy (non-hydrogen) atoms. The SMILES string of the molecule is CC1=NN(C(N)=O)C(=O)C1NNC(=O)OC(C)(C)C. The van der Waals surface area contributed by atoms with Crippen LogP contribution in [0.25, 0.3) is 0 Å². The van der Waals surface area contributed by atoms with E-state index in [-0.39, 0.29) is 0 Å². The fraction of sp³-hybridized carbons (Fsp3) is 0.600. The highest BCUT2D eigenvalue weighted by atomic mass is 16.6. The molecule has 106 valence electrons. The van der Waals surface area contributed by atoms with Crippen LogP contribution in [0, 0.1) is 0 Å². The number of hydrazone groups is 1. The number of carbonyl (C=O) groups excluding carboxylic acids is 3. The van der Waals surface area contributed by atoms with Crippen molar-refractivity contribution in [3.05, 3.63) is 0 Å². The monoisotopic (exact) mass is 271 g/mol. The van der Waals surface area contributed by atoms with Crippen LogP contribution in [0.5, 0.6) is 0 Å². The molecule has 0 aromatic rings. The first-order valence-corrected chi connectivity index (χ1v) is 5.55. The van der Waals surface area contributed by atoms with Crippen molar-refractivity contribution >= 4 is 23.7 Å². The molecule has 0 saturated heterocycles. The normalized spacial score (nSPS) is 19.2. The molecule has 4 amide bonds. The van der Waals surface area contributed by atoms with Gasteiger partial charge in [0, 0.05) is 0 Å². The molecule has 9 nitrogen and oxygen atoms in total. The molecule has 9 heteroatoms. The lowest BCUT2D eigenvalue weighted by molar-refractivity contribution is -0.127. The van der Waals surface area contributed by atoms with E-state index < -0.39 is 29.7 Å². The number of primary amides is 1. The van der Waals surface area contributed by atoms with Gasteiger partial charge in [0.15, 0.2) is 0 Å². The van der Waals surface area contributed by atoms with Gasteiger partial charge in [-0.2, -0.15) is 5.10 Å². The predicted octanol–water partition coefficient (Wildman–Crippen LogP) is -0.319. The summed E-state index contributed by atoms with van der Waals surface area (Å²) in [7, 11) is 0. The topological polar surface area (TPSA) is 126 Å². The standard InChI is InChI=1S/C10H17N5O4/c1-5-6(7(16)15(14-5)8(11)17)12-13-9(18)19-10(2,3)4/h6,12H,1-4H3,(H2,11,17)(H,13,18). The van der Waals surface area contributed by atoms with Crippen molar-refractivity contribution in [2.24, 2.45) is 10.8 Å². The number of hydrogen-bond acceptors (Lipinski definition) is 6. The average Bonchev–Trinajstić information content (AvgIpc) is 2.49. The molecule has 0 saturated carbocycles.